The Morgan fingerprint density at radius 1 is 1.05 bits per heavy atom. The lowest BCUT2D eigenvalue weighted by Crippen LogP contribution is -1.90. The molecular weight excluding hydrogens is 301 g/mol. The minimum Gasteiger partial charge on any atom is -0.398 e. The van der Waals surface area contributed by atoms with Crippen LogP contribution >= 0.6 is 11.8 Å². The largest absolute Gasteiger partial charge is 0.398 e. The van der Waals surface area contributed by atoms with Crippen molar-refractivity contribution in [3.63, 3.8) is 0 Å². The third-order valence-electron chi connectivity index (χ3n) is 2.98. The molecule has 0 radical (unpaired) electrons. The molecule has 22 heavy (non-hydrogen) atoms. The number of hydrogen-bond donors (Lipinski definition) is 1. The molecule has 0 amide bonds. The van der Waals surface area contributed by atoms with Gasteiger partial charge in [0, 0.05) is 11.4 Å². The Hall–Kier alpha value is -2.34. The summed E-state index contributed by atoms with van der Waals surface area (Å²) in [5.74, 6) is 0.476. The standard InChI is InChI=1S/C16H14FN3OS/c1-11-2-4-12(5-3-11)10-22-16-20-19-15(21-16)18-14-8-6-13(17)7-9-14/h2-9H,10H2,1H3,(H,18,19). The van der Waals surface area contributed by atoms with Crippen molar-refractivity contribution in [2.75, 3.05) is 5.32 Å². The molecule has 1 N–H and O–H groups in total. The van der Waals surface area contributed by atoms with Crippen LogP contribution in [0.1, 0.15) is 11.1 Å². The topological polar surface area (TPSA) is 51.0 Å². The Bertz CT molecular complexity index is 741. The summed E-state index contributed by atoms with van der Waals surface area (Å²) in [6.07, 6.45) is 0. The van der Waals surface area contributed by atoms with Crippen molar-refractivity contribution in [2.45, 2.75) is 17.9 Å². The Labute approximate surface area is 131 Å². The SMILES string of the molecule is Cc1ccc(CSc2nnc(Nc3ccc(F)cc3)o2)cc1. The van der Waals surface area contributed by atoms with Gasteiger partial charge in [-0.05, 0) is 36.8 Å². The molecular formula is C16H14FN3OS. The van der Waals surface area contributed by atoms with E-state index in [-0.39, 0.29) is 11.8 Å². The van der Waals surface area contributed by atoms with Crippen molar-refractivity contribution in [1.82, 2.24) is 10.2 Å². The van der Waals surface area contributed by atoms with Crippen LogP contribution < -0.4 is 5.32 Å². The van der Waals surface area contributed by atoms with E-state index < -0.39 is 0 Å². The van der Waals surface area contributed by atoms with E-state index in [1.54, 1.807) is 12.1 Å². The highest BCUT2D eigenvalue weighted by molar-refractivity contribution is 7.98. The van der Waals surface area contributed by atoms with E-state index in [0.29, 0.717) is 10.9 Å². The molecule has 0 aliphatic carbocycles. The van der Waals surface area contributed by atoms with Crippen LogP contribution in [0.5, 0.6) is 0 Å². The lowest BCUT2D eigenvalue weighted by molar-refractivity contribution is 0.468. The first-order valence-corrected chi connectivity index (χ1v) is 7.72. The molecule has 1 aromatic heterocycles. The lowest BCUT2D eigenvalue weighted by atomic mass is 10.2. The second kappa shape index (κ2) is 6.62. The monoisotopic (exact) mass is 315 g/mol. The summed E-state index contributed by atoms with van der Waals surface area (Å²) in [5, 5.41) is 11.3. The van der Waals surface area contributed by atoms with Gasteiger partial charge in [-0.3, -0.25) is 0 Å². The number of nitrogens with one attached hydrogen (secondary N) is 1. The Kier molecular flexibility index (Phi) is 4.39. The Balaban J connectivity index is 1.59. The molecule has 3 aromatic rings. The van der Waals surface area contributed by atoms with Crippen molar-refractivity contribution in [3.05, 3.63) is 65.5 Å². The van der Waals surface area contributed by atoms with E-state index >= 15 is 0 Å². The molecule has 0 unspecified atom stereocenters. The second-order valence-electron chi connectivity index (χ2n) is 4.78. The van der Waals surface area contributed by atoms with Gasteiger partial charge in [0.15, 0.2) is 0 Å². The third kappa shape index (κ3) is 3.85. The van der Waals surface area contributed by atoms with Gasteiger partial charge in [0.2, 0.25) is 0 Å². The molecule has 112 valence electrons. The maximum absolute atomic E-state index is 12.8. The maximum atomic E-state index is 12.8. The van der Waals surface area contributed by atoms with Crippen LogP contribution in [0.4, 0.5) is 16.1 Å². The van der Waals surface area contributed by atoms with Crippen LogP contribution in [-0.2, 0) is 5.75 Å². The molecule has 0 aliphatic rings. The smallest absolute Gasteiger partial charge is 0.320 e. The third-order valence-corrected chi connectivity index (χ3v) is 3.87. The zero-order valence-electron chi connectivity index (χ0n) is 11.9. The zero-order chi connectivity index (χ0) is 15.4. The second-order valence-corrected chi connectivity index (χ2v) is 5.71. The van der Waals surface area contributed by atoms with E-state index in [0.717, 1.165) is 5.75 Å². The van der Waals surface area contributed by atoms with Crippen molar-refractivity contribution >= 4 is 23.5 Å². The molecule has 0 fully saturated rings. The Morgan fingerprint density at radius 2 is 1.77 bits per heavy atom. The number of anilines is 2. The van der Waals surface area contributed by atoms with Gasteiger partial charge in [-0.1, -0.05) is 51.8 Å². The summed E-state index contributed by atoms with van der Waals surface area (Å²) < 4.78 is 18.3. The van der Waals surface area contributed by atoms with Crippen LogP contribution in [0, 0.1) is 12.7 Å². The highest BCUT2D eigenvalue weighted by Gasteiger charge is 2.07. The van der Waals surface area contributed by atoms with Gasteiger partial charge in [0.25, 0.3) is 5.22 Å². The highest BCUT2D eigenvalue weighted by atomic mass is 32.2. The van der Waals surface area contributed by atoms with Gasteiger partial charge < -0.3 is 9.73 Å². The normalized spacial score (nSPS) is 10.6. The van der Waals surface area contributed by atoms with Crippen LogP contribution in [0.3, 0.4) is 0 Å². The van der Waals surface area contributed by atoms with Crippen molar-refractivity contribution in [1.29, 1.82) is 0 Å². The van der Waals surface area contributed by atoms with Crippen LogP contribution in [0.25, 0.3) is 0 Å². The predicted octanol–water partition coefficient (Wildman–Crippen LogP) is 4.55. The van der Waals surface area contributed by atoms with Crippen molar-refractivity contribution in [2.24, 2.45) is 0 Å². The molecule has 1 heterocycles. The van der Waals surface area contributed by atoms with Gasteiger partial charge in [-0.15, -0.1) is 0 Å². The van der Waals surface area contributed by atoms with Crippen molar-refractivity contribution in [3.8, 4) is 0 Å². The maximum Gasteiger partial charge on any atom is 0.320 e. The quantitative estimate of drug-likeness (QED) is 0.700. The molecule has 0 atom stereocenters. The molecule has 4 nitrogen and oxygen atoms in total. The minimum absolute atomic E-state index is 0.287. The minimum atomic E-state index is -0.287. The summed E-state index contributed by atoms with van der Waals surface area (Å²) in [7, 11) is 0. The number of halogens is 1. The van der Waals surface area contributed by atoms with Crippen molar-refractivity contribution < 1.29 is 8.81 Å². The first kappa shape index (κ1) is 14.6. The van der Waals surface area contributed by atoms with Crippen LogP contribution in [-0.4, -0.2) is 10.2 Å². The first-order chi connectivity index (χ1) is 10.7. The average Bonchev–Trinajstić information content (AvgIpc) is 2.97. The summed E-state index contributed by atoms with van der Waals surface area (Å²) in [6.45, 7) is 2.06. The van der Waals surface area contributed by atoms with Gasteiger partial charge in [-0.25, -0.2) is 4.39 Å². The summed E-state index contributed by atoms with van der Waals surface area (Å²) in [5.41, 5.74) is 3.12. The van der Waals surface area contributed by atoms with Gasteiger partial charge in [0.1, 0.15) is 5.82 Å². The number of nitrogens with zero attached hydrogens (tertiary/aromatic N) is 2. The molecule has 0 saturated carbocycles. The van der Waals surface area contributed by atoms with E-state index in [4.69, 9.17) is 4.42 Å². The molecule has 0 spiro atoms. The van der Waals surface area contributed by atoms with Crippen LogP contribution in [0.15, 0.2) is 58.2 Å². The molecule has 0 saturated heterocycles. The lowest BCUT2D eigenvalue weighted by Gasteiger charge is -2.00. The number of benzene rings is 2. The fraction of sp³-hybridized carbons (Fsp3) is 0.125. The number of rotatable bonds is 5. The van der Waals surface area contributed by atoms with E-state index in [2.05, 4.69) is 46.7 Å². The number of aryl methyl sites for hydroxylation is 1. The van der Waals surface area contributed by atoms with E-state index in [1.165, 1.54) is 35.0 Å². The molecule has 3 rings (SSSR count). The number of aromatic nitrogens is 2. The molecule has 2 aromatic carbocycles. The first-order valence-electron chi connectivity index (χ1n) is 6.73. The van der Waals surface area contributed by atoms with E-state index in [9.17, 15) is 4.39 Å². The van der Waals surface area contributed by atoms with Gasteiger partial charge in [0.05, 0.1) is 0 Å². The number of thioether (sulfide) groups is 1. The van der Waals surface area contributed by atoms with Crippen LogP contribution in [0.2, 0.25) is 0 Å². The number of hydrogen-bond acceptors (Lipinski definition) is 5. The summed E-state index contributed by atoms with van der Waals surface area (Å²) in [4.78, 5) is 0. The Morgan fingerprint density at radius 3 is 2.50 bits per heavy atom. The summed E-state index contributed by atoms with van der Waals surface area (Å²) >= 11 is 1.47. The predicted molar refractivity (Wildman–Crippen MR) is 84.7 cm³/mol. The highest BCUT2D eigenvalue weighted by Crippen LogP contribution is 2.24. The molecule has 6 heteroatoms. The summed E-state index contributed by atoms with van der Waals surface area (Å²) in [6, 6.07) is 14.6. The average molecular weight is 315 g/mol. The van der Waals surface area contributed by atoms with Gasteiger partial charge >= 0.3 is 6.01 Å². The molecule has 0 bridgehead atoms. The fourth-order valence-corrected chi connectivity index (χ4v) is 2.52. The zero-order valence-corrected chi connectivity index (χ0v) is 12.7. The van der Waals surface area contributed by atoms with E-state index in [1.807, 2.05) is 0 Å². The molecule has 0 aliphatic heterocycles. The van der Waals surface area contributed by atoms with Gasteiger partial charge in [-0.2, -0.15) is 0 Å². The fourth-order valence-electron chi connectivity index (χ4n) is 1.80.